The fraction of sp³-hybridized carbons (Fsp3) is 0.364. The highest BCUT2D eigenvalue weighted by molar-refractivity contribution is 7.91. The molecule has 0 amide bonds. The number of fused-ring (bicyclic) bond motifs is 1. The molecule has 1 aliphatic rings. The summed E-state index contributed by atoms with van der Waals surface area (Å²) >= 11 is 0. The van der Waals surface area contributed by atoms with Crippen LogP contribution in [-0.4, -0.2) is 30.8 Å². The molecule has 0 saturated carbocycles. The van der Waals surface area contributed by atoms with Gasteiger partial charge in [0.2, 0.25) is 0 Å². The Bertz CT molecular complexity index is 589. The number of nitrogens with one attached hydrogen (secondary N) is 1. The lowest BCUT2D eigenvalue weighted by molar-refractivity contribution is 0.0696. The average Bonchev–Trinajstić information content (AvgIpc) is 2.13. The maximum absolute atomic E-state index is 12.0. The van der Waals surface area contributed by atoms with E-state index in [4.69, 9.17) is 5.11 Å². The van der Waals surface area contributed by atoms with Crippen molar-refractivity contribution in [1.29, 1.82) is 0 Å². The Labute approximate surface area is 99.4 Å². The Kier molecular flexibility index (Phi) is 2.43. The van der Waals surface area contributed by atoms with E-state index in [0.717, 1.165) is 0 Å². The molecule has 0 aromatic heterocycles. The molecule has 1 aromatic carbocycles. The Morgan fingerprint density at radius 1 is 1.41 bits per heavy atom. The first-order valence-electron chi connectivity index (χ1n) is 5.10. The largest absolute Gasteiger partial charge is 0.478 e. The van der Waals surface area contributed by atoms with E-state index in [1.165, 1.54) is 18.2 Å². The molecule has 6 heteroatoms. The average molecular weight is 255 g/mol. The first-order chi connectivity index (χ1) is 7.71. The number of benzene rings is 1. The van der Waals surface area contributed by atoms with E-state index in [-0.39, 0.29) is 16.2 Å². The number of carboxylic acids is 1. The minimum absolute atomic E-state index is 0.0196. The lowest BCUT2D eigenvalue weighted by atomic mass is 10.1. The van der Waals surface area contributed by atoms with Crippen LogP contribution in [0.3, 0.4) is 0 Å². The van der Waals surface area contributed by atoms with E-state index in [2.05, 4.69) is 5.32 Å². The topological polar surface area (TPSA) is 83.5 Å². The second kappa shape index (κ2) is 3.46. The van der Waals surface area contributed by atoms with E-state index in [0.29, 0.717) is 5.69 Å². The fourth-order valence-electron chi connectivity index (χ4n) is 1.97. The van der Waals surface area contributed by atoms with Gasteiger partial charge in [-0.3, -0.25) is 0 Å². The Hall–Kier alpha value is -1.56. The standard InChI is InChI=1S/C11H13NO4S/c1-11(2)6-17(15,16)9-5-7(10(13)14)3-4-8(9)12-11/h3-5,12H,6H2,1-2H3,(H,13,14). The maximum atomic E-state index is 12.0. The van der Waals surface area contributed by atoms with Gasteiger partial charge < -0.3 is 10.4 Å². The van der Waals surface area contributed by atoms with Gasteiger partial charge in [-0.25, -0.2) is 13.2 Å². The van der Waals surface area contributed by atoms with Crippen molar-refractivity contribution in [3.8, 4) is 0 Å². The predicted octanol–water partition coefficient (Wildman–Crippen LogP) is 1.36. The summed E-state index contributed by atoms with van der Waals surface area (Å²) in [6, 6.07) is 4.09. The Morgan fingerprint density at radius 2 is 2.06 bits per heavy atom. The third kappa shape index (κ3) is 2.12. The molecule has 92 valence electrons. The summed E-state index contributed by atoms with van der Waals surface area (Å²) in [4.78, 5) is 10.9. The van der Waals surface area contributed by atoms with Crippen LogP contribution < -0.4 is 5.32 Å². The molecule has 0 radical (unpaired) electrons. The molecule has 0 fully saturated rings. The third-order valence-electron chi connectivity index (χ3n) is 2.59. The van der Waals surface area contributed by atoms with Gasteiger partial charge in [-0.2, -0.15) is 0 Å². The van der Waals surface area contributed by atoms with Gasteiger partial charge in [0, 0.05) is 5.54 Å². The maximum Gasteiger partial charge on any atom is 0.335 e. The van der Waals surface area contributed by atoms with E-state index < -0.39 is 21.3 Å². The molecule has 2 rings (SSSR count). The SMILES string of the molecule is CC1(C)CS(=O)(=O)c2cc(C(=O)O)ccc2N1. The zero-order valence-corrected chi connectivity index (χ0v) is 10.3. The van der Waals surface area contributed by atoms with Crippen LogP contribution in [-0.2, 0) is 9.84 Å². The number of anilines is 1. The smallest absolute Gasteiger partial charge is 0.335 e. The summed E-state index contributed by atoms with van der Waals surface area (Å²) < 4.78 is 24.1. The van der Waals surface area contributed by atoms with Crippen molar-refractivity contribution < 1.29 is 18.3 Å². The molecule has 0 saturated heterocycles. The van der Waals surface area contributed by atoms with Crippen LogP contribution in [0.25, 0.3) is 0 Å². The molecule has 0 spiro atoms. The molecule has 1 aromatic rings. The van der Waals surface area contributed by atoms with Crippen molar-refractivity contribution in [3.63, 3.8) is 0 Å². The normalized spacial score (nSPS) is 20.1. The number of sulfone groups is 1. The van der Waals surface area contributed by atoms with Gasteiger partial charge in [-0.15, -0.1) is 0 Å². The van der Waals surface area contributed by atoms with Crippen molar-refractivity contribution in [2.45, 2.75) is 24.3 Å². The van der Waals surface area contributed by atoms with Crippen molar-refractivity contribution in [2.24, 2.45) is 0 Å². The van der Waals surface area contributed by atoms with Crippen molar-refractivity contribution in [3.05, 3.63) is 23.8 Å². The highest BCUT2D eigenvalue weighted by atomic mass is 32.2. The van der Waals surface area contributed by atoms with E-state index in [1.54, 1.807) is 13.8 Å². The van der Waals surface area contributed by atoms with Crippen LogP contribution in [0.4, 0.5) is 5.69 Å². The monoisotopic (exact) mass is 255 g/mol. The number of rotatable bonds is 1. The number of hydrogen-bond acceptors (Lipinski definition) is 4. The van der Waals surface area contributed by atoms with Crippen LogP contribution in [0, 0.1) is 0 Å². The van der Waals surface area contributed by atoms with Crippen LogP contribution in [0.1, 0.15) is 24.2 Å². The van der Waals surface area contributed by atoms with E-state index in [1.807, 2.05) is 0 Å². The highest BCUT2D eigenvalue weighted by Gasteiger charge is 2.35. The lowest BCUT2D eigenvalue weighted by Gasteiger charge is -2.33. The van der Waals surface area contributed by atoms with Gasteiger partial charge in [0.25, 0.3) is 0 Å². The van der Waals surface area contributed by atoms with Crippen LogP contribution in [0.2, 0.25) is 0 Å². The minimum atomic E-state index is -3.43. The summed E-state index contributed by atoms with van der Waals surface area (Å²) in [5.74, 6) is -1.18. The Morgan fingerprint density at radius 3 is 2.65 bits per heavy atom. The van der Waals surface area contributed by atoms with Gasteiger partial charge in [-0.05, 0) is 32.0 Å². The van der Waals surface area contributed by atoms with Crippen molar-refractivity contribution in [2.75, 3.05) is 11.1 Å². The van der Waals surface area contributed by atoms with Crippen molar-refractivity contribution >= 4 is 21.5 Å². The summed E-state index contributed by atoms with van der Waals surface area (Å²) in [7, 11) is -3.43. The molecule has 0 bridgehead atoms. The summed E-state index contributed by atoms with van der Waals surface area (Å²) in [5.41, 5.74) is -0.101. The number of aromatic carboxylic acids is 1. The summed E-state index contributed by atoms with van der Waals surface area (Å²) in [5, 5.41) is 11.9. The minimum Gasteiger partial charge on any atom is -0.478 e. The number of carbonyl (C=O) groups is 1. The van der Waals surface area contributed by atoms with Gasteiger partial charge in [0.15, 0.2) is 9.84 Å². The number of carboxylic acid groups (broad SMARTS) is 1. The van der Waals surface area contributed by atoms with Crippen LogP contribution in [0.5, 0.6) is 0 Å². The molecular formula is C11H13NO4S. The molecule has 17 heavy (non-hydrogen) atoms. The quantitative estimate of drug-likeness (QED) is 0.791. The zero-order chi connectivity index (χ0) is 12.8. The molecule has 1 aliphatic heterocycles. The van der Waals surface area contributed by atoms with Gasteiger partial charge in [-0.1, -0.05) is 0 Å². The molecule has 0 aliphatic carbocycles. The van der Waals surface area contributed by atoms with Crippen LogP contribution >= 0.6 is 0 Å². The first-order valence-corrected chi connectivity index (χ1v) is 6.75. The first kappa shape index (κ1) is 11.9. The van der Waals surface area contributed by atoms with Crippen LogP contribution in [0.15, 0.2) is 23.1 Å². The van der Waals surface area contributed by atoms with Gasteiger partial charge >= 0.3 is 5.97 Å². The van der Waals surface area contributed by atoms with E-state index >= 15 is 0 Å². The second-order valence-corrected chi connectivity index (χ2v) is 6.74. The van der Waals surface area contributed by atoms with E-state index in [9.17, 15) is 13.2 Å². The highest BCUT2D eigenvalue weighted by Crippen LogP contribution is 2.33. The molecular weight excluding hydrogens is 242 g/mol. The second-order valence-electron chi connectivity index (χ2n) is 4.78. The lowest BCUT2D eigenvalue weighted by Crippen LogP contribution is -2.42. The Balaban J connectivity index is 2.64. The summed E-state index contributed by atoms with van der Waals surface area (Å²) in [6.45, 7) is 3.58. The van der Waals surface area contributed by atoms with Gasteiger partial charge in [0.05, 0.1) is 21.9 Å². The fourth-order valence-corrected chi connectivity index (χ4v) is 3.91. The zero-order valence-electron chi connectivity index (χ0n) is 9.52. The van der Waals surface area contributed by atoms with Gasteiger partial charge in [0.1, 0.15) is 0 Å². The molecule has 0 atom stereocenters. The molecule has 1 heterocycles. The summed E-state index contributed by atoms with van der Waals surface area (Å²) in [6.07, 6.45) is 0. The third-order valence-corrected chi connectivity index (χ3v) is 4.70. The molecule has 2 N–H and O–H groups in total. The molecule has 0 unspecified atom stereocenters. The number of hydrogen-bond donors (Lipinski definition) is 2. The molecule has 5 nitrogen and oxygen atoms in total. The predicted molar refractivity (Wildman–Crippen MR) is 63.2 cm³/mol. The van der Waals surface area contributed by atoms with Crippen molar-refractivity contribution in [1.82, 2.24) is 0 Å².